The number of halogens is 1. The van der Waals surface area contributed by atoms with Crippen LogP contribution < -0.4 is 14.2 Å². The van der Waals surface area contributed by atoms with Gasteiger partial charge in [0, 0.05) is 11.3 Å². The Bertz CT molecular complexity index is 1400. The van der Waals surface area contributed by atoms with E-state index in [0.717, 1.165) is 11.6 Å². The van der Waals surface area contributed by atoms with Gasteiger partial charge in [-0.05, 0) is 48.0 Å². The molecule has 3 aromatic carbocycles. The molecule has 0 saturated heterocycles. The average molecular weight is 453 g/mol. The first kappa shape index (κ1) is 20.0. The van der Waals surface area contributed by atoms with Crippen LogP contribution in [0.25, 0.3) is 11.5 Å². The summed E-state index contributed by atoms with van der Waals surface area (Å²) in [6.45, 7) is 0.195. The third kappa shape index (κ3) is 4.00. The van der Waals surface area contributed by atoms with Crippen molar-refractivity contribution < 1.29 is 26.7 Å². The van der Waals surface area contributed by atoms with Crippen molar-refractivity contribution in [3.8, 4) is 23.0 Å². The first-order chi connectivity index (χ1) is 15.5. The lowest BCUT2D eigenvalue weighted by Crippen LogP contribution is -2.14. The molecule has 4 aromatic rings. The predicted octanol–water partition coefficient (Wildman–Crippen LogP) is 4.00. The van der Waals surface area contributed by atoms with E-state index in [2.05, 4.69) is 14.9 Å². The van der Waals surface area contributed by atoms with Crippen molar-refractivity contribution in [3.63, 3.8) is 0 Å². The first-order valence-electron chi connectivity index (χ1n) is 9.57. The number of nitrogens with one attached hydrogen (secondary N) is 1. The third-order valence-electron chi connectivity index (χ3n) is 4.75. The summed E-state index contributed by atoms with van der Waals surface area (Å²) < 4.78 is 57.8. The summed E-state index contributed by atoms with van der Waals surface area (Å²) in [5.41, 5.74) is 1.67. The Labute approximate surface area is 182 Å². The van der Waals surface area contributed by atoms with E-state index in [9.17, 15) is 12.8 Å². The Morgan fingerprint density at radius 3 is 2.66 bits per heavy atom. The zero-order valence-electron chi connectivity index (χ0n) is 16.5. The molecule has 1 aromatic heterocycles. The molecule has 1 N–H and O–H groups in total. The van der Waals surface area contributed by atoms with Crippen LogP contribution in [-0.4, -0.2) is 25.4 Å². The van der Waals surface area contributed by atoms with Crippen LogP contribution in [0.15, 0.2) is 76.0 Å². The molecule has 5 rings (SSSR count). The fourth-order valence-electron chi connectivity index (χ4n) is 3.26. The van der Waals surface area contributed by atoms with Gasteiger partial charge in [0.2, 0.25) is 18.6 Å². The summed E-state index contributed by atoms with van der Waals surface area (Å²) in [5, 5.41) is 8.12. The van der Waals surface area contributed by atoms with Gasteiger partial charge in [0.1, 0.15) is 10.7 Å². The highest BCUT2D eigenvalue weighted by atomic mass is 32.2. The van der Waals surface area contributed by atoms with Crippen molar-refractivity contribution in [3.05, 3.63) is 84.0 Å². The number of nitrogens with zero attached hydrogens (tertiary/aromatic N) is 2. The number of rotatable bonds is 6. The van der Waals surface area contributed by atoms with Crippen LogP contribution in [0, 0.1) is 5.82 Å². The maximum Gasteiger partial charge on any atom is 0.264 e. The summed E-state index contributed by atoms with van der Waals surface area (Å²) in [6, 6.07) is 17.1. The highest BCUT2D eigenvalue weighted by Crippen LogP contribution is 2.33. The molecule has 0 fully saturated rings. The van der Waals surface area contributed by atoms with Gasteiger partial charge < -0.3 is 13.9 Å². The SMILES string of the molecule is O=S(=O)(Nc1cccc(-c2nnc(Cc3ccc4c(c3)OCO4)o2)c1)c1ccccc1F. The van der Waals surface area contributed by atoms with Crippen molar-refractivity contribution in [1.82, 2.24) is 10.2 Å². The van der Waals surface area contributed by atoms with E-state index >= 15 is 0 Å². The van der Waals surface area contributed by atoms with E-state index in [-0.39, 0.29) is 18.4 Å². The third-order valence-corrected chi connectivity index (χ3v) is 6.16. The standard InChI is InChI=1S/C22H16FN3O5S/c23-17-6-1-2-7-20(17)32(27,28)26-16-5-3-4-15(12-16)22-25-24-21(31-22)11-14-8-9-18-19(10-14)30-13-29-18/h1-10,12,26H,11,13H2. The second-order valence-electron chi connectivity index (χ2n) is 6.98. The number of anilines is 1. The van der Waals surface area contributed by atoms with Gasteiger partial charge in [0.25, 0.3) is 10.0 Å². The number of benzene rings is 3. The molecular weight excluding hydrogens is 437 g/mol. The summed E-state index contributed by atoms with van der Waals surface area (Å²) in [6.07, 6.45) is 0.392. The molecule has 0 bridgehead atoms. The number of aromatic nitrogens is 2. The van der Waals surface area contributed by atoms with Crippen LogP contribution in [-0.2, 0) is 16.4 Å². The van der Waals surface area contributed by atoms with E-state index in [0.29, 0.717) is 29.4 Å². The second kappa shape index (κ2) is 7.97. The highest BCUT2D eigenvalue weighted by Gasteiger charge is 2.19. The van der Waals surface area contributed by atoms with Crippen molar-refractivity contribution >= 4 is 15.7 Å². The van der Waals surface area contributed by atoms with Crippen molar-refractivity contribution in [2.24, 2.45) is 0 Å². The Morgan fingerprint density at radius 1 is 0.938 bits per heavy atom. The normalized spacial score (nSPS) is 12.7. The van der Waals surface area contributed by atoms with Gasteiger partial charge in [-0.2, -0.15) is 0 Å². The lowest BCUT2D eigenvalue weighted by molar-refractivity contribution is 0.174. The van der Waals surface area contributed by atoms with Crippen molar-refractivity contribution in [2.45, 2.75) is 11.3 Å². The molecule has 10 heteroatoms. The van der Waals surface area contributed by atoms with Crippen LogP contribution in [0.2, 0.25) is 0 Å². The molecule has 0 radical (unpaired) electrons. The van der Waals surface area contributed by atoms with E-state index in [1.54, 1.807) is 18.2 Å². The van der Waals surface area contributed by atoms with Gasteiger partial charge in [0.05, 0.1) is 6.42 Å². The van der Waals surface area contributed by atoms with E-state index in [1.165, 1.54) is 24.3 Å². The van der Waals surface area contributed by atoms with Crippen LogP contribution in [0.5, 0.6) is 11.5 Å². The summed E-state index contributed by atoms with van der Waals surface area (Å²) in [5.74, 6) is 1.14. The van der Waals surface area contributed by atoms with Crippen molar-refractivity contribution in [2.75, 3.05) is 11.5 Å². The minimum atomic E-state index is -4.10. The fraction of sp³-hybridized carbons (Fsp3) is 0.0909. The molecule has 8 nitrogen and oxygen atoms in total. The van der Waals surface area contributed by atoms with E-state index in [4.69, 9.17) is 13.9 Å². The van der Waals surface area contributed by atoms with Crippen LogP contribution in [0.3, 0.4) is 0 Å². The molecule has 0 atom stereocenters. The molecular formula is C22H16FN3O5S. The fourth-order valence-corrected chi connectivity index (χ4v) is 4.39. The molecule has 0 saturated carbocycles. The predicted molar refractivity (Wildman–Crippen MR) is 112 cm³/mol. The summed E-state index contributed by atoms with van der Waals surface area (Å²) in [4.78, 5) is -0.436. The number of fused-ring (bicyclic) bond motifs is 1. The second-order valence-corrected chi connectivity index (χ2v) is 8.63. The topological polar surface area (TPSA) is 104 Å². The molecule has 162 valence electrons. The van der Waals surface area contributed by atoms with Gasteiger partial charge in [-0.3, -0.25) is 4.72 Å². The lowest BCUT2D eigenvalue weighted by Gasteiger charge is -2.09. The van der Waals surface area contributed by atoms with Gasteiger partial charge >= 0.3 is 0 Å². The quantitative estimate of drug-likeness (QED) is 0.471. The molecule has 0 spiro atoms. The zero-order valence-corrected chi connectivity index (χ0v) is 17.3. The molecule has 0 amide bonds. The van der Waals surface area contributed by atoms with E-state index in [1.807, 2.05) is 18.2 Å². The Morgan fingerprint density at radius 2 is 1.78 bits per heavy atom. The van der Waals surface area contributed by atoms with E-state index < -0.39 is 20.7 Å². The van der Waals surface area contributed by atoms with Crippen LogP contribution >= 0.6 is 0 Å². The molecule has 2 heterocycles. The van der Waals surface area contributed by atoms with Gasteiger partial charge in [0.15, 0.2) is 11.5 Å². The van der Waals surface area contributed by atoms with Gasteiger partial charge in [-0.15, -0.1) is 10.2 Å². The monoisotopic (exact) mass is 453 g/mol. The number of hydrogen-bond donors (Lipinski definition) is 1. The minimum absolute atomic E-state index is 0.195. The smallest absolute Gasteiger partial charge is 0.264 e. The van der Waals surface area contributed by atoms with Gasteiger partial charge in [-0.1, -0.05) is 24.3 Å². The maximum atomic E-state index is 13.9. The Balaban J connectivity index is 1.35. The maximum absolute atomic E-state index is 13.9. The average Bonchev–Trinajstić information content (AvgIpc) is 3.43. The summed E-state index contributed by atoms with van der Waals surface area (Å²) >= 11 is 0. The highest BCUT2D eigenvalue weighted by molar-refractivity contribution is 7.92. The van der Waals surface area contributed by atoms with Gasteiger partial charge in [-0.25, -0.2) is 12.8 Å². The molecule has 1 aliphatic rings. The Kier molecular flexibility index (Phi) is 4.98. The minimum Gasteiger partial charge on any atom is -0.454 e. The zero-order chi connectivity index (χ0) is 22.1. The van der Waals surface area contributed by atoms with Crippen molar-refractivity contribution in [1.29, 1.82) is 0 Å². The summed E-state index contributed by atoms with van der Waals surface area (Å²) in [7, 11) is -4.10. The lowest BCUT2D eigenvalue weighted by atomic mass is 10.1. The Hall–Kier alpha value is -3.92. The molecule has 32 heavy (non-hydrogen) atoms. The molecule has 0 unspecified atom stereocenters. The largest absolute Gasteiger partial charge is 0.454 e. The first-order valence-corrected chi connectivity index (χ1v) is 11.0. The number of sulfonamides is 1. The number of ether oxygens (including phenoxy) is 2. The van der Waals surface area contributed by atoms with Crippen LogP contribution in [0.1, 0.15) is 11.5 Å². The molecule has 1 aliphatic heterocycles. The molecule has 0 aliphatic carbocycles. The number of hydrogen-bond acceptors (Lipinski definition) is 7. The van der Waals surface area contributed by atoms with Crippen LogP contribution in [0.4, 0.5) is 10.1 Å².